The molecule has 21 heavy (non-hydrogen) atoms. The molecule has 0 saturated heterocycles. The summed E-state index contributed by atoms with van der Waals surface area (Å²) in [5.41, 5.74) is 1.01. The van der Waals surface area contributed by atoms with E-state index < -0.39 is 14.6 Å². The van der Waals surface area contributed by atoms with Crippen molar-refractivity contribution in [1.29, 1.82) is 0 Å². The molecule has 1 aromatic heterocycles. The minimum atomic E-state index is -3.14. The SMILES string of the molecule is CCCc1c(NCC)ncnc1NCC(C)(C)S(C)(=O)=O. The number of sulfone groups is 1. The minimum absolute atomic E-state index is 0.311. The summed E-state index contributed by atoms with van der Waals surface area (Å²) < 4.78 is 22.7. The fourth-order valence-electron chi connectivity index (χ4n) is 1.80. The molecule has 0 aromatic carbocycles. The van der Waals surface area contributed by atoms with Gasteiger partial charge in [0, 0.05) is 24.9 Å². The summed E-state index contributed by atoms with van der Waals surface area (Å²) in [6.45, 7) is 8.61. The van der Waals surface area contributed by atoms with E-state index in [1.54, 1.807) is 13.8 Å². The van der Waals surface area contributed by atoms with E-state index in [1.165, 1.54) is 12.6 Å². The van der Waals surface area contributed by atoms with Gasteiger partial charge in [0.1, 0.15) is 18.0 Å². The van der Waals surface area contributed by atoms with Crippen molar-refractivity contribution in [3.8, 4) is 0 Å². The number of hydrogen-bond donors (Lipinski definition) is 2. The van der Waals surface area contributed by atoms with Gasteiger partial charge in [0.25, 0.3) is 0 Å². The zero-order valence-corrected chi connectivity index (χ0v) is 14.3. The predicted molar refractivity (Wildman–Crippen MR) is 87.6 cm³/mol. The molecule has 0 aliphatic rings. The van der Waals surface area contributed by atoms with Gasteiger partial charge in [0.05, 0.1) is 4.75 Å². The molecule has 0 atom stereocenters. The maximum absolute atomic E-state index is 11.8. The van der Waals surface area contributed by atoms with E-state index in [2.05, 4.69) is 27.5 Å². The lowest BCUT2D eigenvalue weighted by Gasteiger charge is -2.24. The van der Waals surface area contributed by atoms with Crippen molar-refractivity contribution in [1.82, 2.24) is 9.97 Å². The van der Waals surface area contributed by atoms with E-state index in [-0.39, 0.29) is 0 Å². The van der Waals surface area contributed by atoms with Crippen molar-refractivity contribution in [2.24, 2.45) is 0 Å². The highest BCUT2D eigenvalue weighted by Crippen LogP contribution is 2.23. The summed E-state index contributed by atoms with van der Waals surface area (Å²) in [6.07, 6.45) is 4.55. The zero-order valence-electron chi connectivity index (χ0n) is 13.5. The molecule has 0 spiro atoms. The van der Waals surface area contributed by atoms with Crippen LogP contribution in [0, 0.1) is 0 Å². The van der Waals surface area contributed by atoms with Crippen LogP contribution < -0.4 is 10.6 Å². The average Bonchev–Trinajstić information content (AvgIpc) is 2.38. The van der Waals surface area contributed by atoms with Gasteiger partial charge >= 0.3 is 0 Å². The number of nitrogens with one attached hydrogen (secondary N) is 2. The van der Waals surface area contributed by atoms with Crippen molar-refractivity contribution in [3.05, 3.63) is 11.9 Å². The van der Waals surface area contributed by atoms with Crippen molar-refractivity contribution >= 4 is 21.5 Å². The third-order valence-corrected chi connectivity index (χ3v) is 5.63. The second-order valence-corrected chi connectivity index (χ2v) is 8.36. The molecule has 7 heteroatoms. The summed E-state index contributed by atoms with van der Waals surface area (Å²) in [5.74, 6) is 1.52. The second kappa shape index (κ2) is 7.06. The standard InChI is InChI=1S/C14H26N4O2S/c1-6-8-11-12(15-7-2)17-10-18-13(11)16-9-14(3,4)21(5,19)20/h10H,6-9H2,1-5H3,(H2,15,16,17,18). The van der Waals surface area contributed by atoms with Gasteiger partial charge in [-0.2, -0.15) is 0 Å². The first-order chi connectivity index (χ1) is 9.73. The maximum Gasteiger partial charge on any atom is 0.154 e. The highest BCUT2D eigenvalue weighted by molar-refractivity contribution is 7.92. The minimum Gasteiger partial charge on any atom is -0.370 e. The van der Waals surface area contributed by atoms with Crippen molar-refractivity contribution in [2.45, 2.75) is 45.3 Å². The molecule has 0 radical (unpaired) electrons. The molecule has 120 valence electrons. The summed E-state index contributed by atoms with van der Waals surface area (Å²) in [7, 11) is -3.14. The largest absolute Gasteiger partial charge is 0.370 e. The number of rotatable bonds is 8. The van der Waals surface area contributed by atoms with Gasteiger partial charge in [-0.25, -0.2) is 18.4 Å². The lowest BCUT2D eigenvalue weighted by Crippen LogP contribution is -2.38. The van der Waals surface area contributed by atoms with Gasteiger partial charge in [-0.05, 0) is 27.2 Å². The summed E-state index contributed by atoms with van der Waals surface area (Å²) >= 11 is 0. The highest BCUT2D eigenvalue weighted by atomic mass is 32.2. The van der Waals surface area contributed by atoms with Crippen LogP contribution in [0.25, 0.3) is 0 Å². The lowest BCUT2D eigenvalue weighted by atomic mass is 10.1. The van der Waals surface area contributed by atoms with Gasteiger partial charge < -0.3 is 10.6 Å². The van der Waals surface area contributed by atoms with Crippen LogP contribution in [0.3, 0.4) is 0 Å². The van der Waals surface area contributed by atoms with Gasteiger partial charge in [-0.3, -0.25) is 0 Å². The fraction of sp³-hybridized carbons (Fsp3) is 0.714. The zero-order chi connectivity index (χ0) is 16.1. The summed E-state index contributed by atoms with van der Waals surface area (Å²) in [4.78, 5) is 8.53. The third kappa shape index (κ3) is 4.56. The lowest BCUT2D eigenvalue weighted by molar-refractivity contribution is 0.559. The Balaban J connectivity index is 3.00. The monoisotopic (exact) mass is 314 g/mol. The molecule has 2 N–H and O–H groups in total. The Morgan fingerprint density at radius 3 is 2.19 bits per heavy atom. The fourth-order valence-corrected chi connectivity index (χ4v) is 2.13. The maximum atomic E-state index is 11.8. The molecule has 0 aliphatic heterocycles. The first kappa shape index (κ1) is 17.7. The van der Waals surface area contributed by atoms with Crippen LogP contribution in [-0.2, 0) is 16.3 Å². The molecule has 0 unspecified atom stereocenters. The van der Waals surface area contributed by atoms with E-state index >= 15 is 0 Å². The van der Waals surface area contributed by atoms with E-state index in [0.717, 1.165) is 30.8 Å². The van der Waals surface area contributed by atoms with Crippen LogP contribution >= 0.6 is 0 Å². The van der Waals surface area contributed by atoms with Gasteiger partial charge in [-0.15, -0.1) is 0 Å². The Morgan fingerprint density at radius 1 is 1.14 bits per heavy atom. The molecule has 6 nitrogen and oxygen atoms in total. The van der Waals surface area contributed by atoms with Gasteiger partial charge in [0.15, 0.2) is 9.84 Å². The van der Waals surface area contributed by atoms with Gasteiger partial charge in [-0.1, -0.05) is 13.3 Å². The summed E-state index contributed by atoms with van der Waals surface area (Å²) in [5, 5.41) is 6.39. The Morgan fingerprint density at radius 2 is 1.71 bits per heavy atom. The second-order valence-electron chi connectivity index (χ2n) is 5.72. The molecule has 1 aromatic rings. The summed E-state index contributed by atoms with van der Waals surface area (Å²) in [6, 6.07) is 0. The van der Waals surface area contributed by atoms with Crippen LogP contribution in [0.1, 0.15) is 39.7 Å². The number of aromatic nitrogens is 2. The van der Waals surface area contributed by atoms with Crippen LogP contribution in [0.5, 0.6) is 0 Å². The van der Waals surface area contributed by atoms with E-state index in [4.69, 9.17) is 0 Å². The Hall–Kier alpha value is -1.37. The molecular formula is C14H26N4O2S. The molecule has 0 bridgehead atoms. The van der Waals surface area contributed by atoms with Crippen molar-refractivity contribution in [3.63, 3.8) is 0 Å². The average molecular weight is 314 g/mol. The third-order valence-electron chi connectivity index (χ3n) is 3.47. The van der Waals surface area contributed by atoms with E-state index in [9.17, 15) is 8.42 Å². The normalized spacial score (nSPS) is 12.2. The first-order valence-electron chi connectivity index (χ1n) is 7.24. The number of nitrogens with zero attached hydrogens (tertiary/aromatic N) is 2. The number of hydrogen-bond acceptors (Lipinski definition) is 6. The van der Waals surface area contributed by atoms with Crippen molar-refractivity contribution in [2.75, 3.05) is 30.0 Å². The molecule has 0 fully saturated rings. The number of anilines is 2. The van der Waals surface area contributed by atoms with E-state index in [1.807, 2.05) is 6.92 Å². The van der Waals surface area contributed by atoms with Crippen LogP contribution in [0.4, 0.5) is 11.6 Å². The molecule has 0 saturated carbocycles. The van der Waals surface area contributed by atoms with E-state index in [0.29, 0.717) is 12.4 Å². The topological polar surface area (TPSA) is 84.0 Å². The molecular weight excluding hydrogens is 288 g/mol. The van der Waals surface area contributed by atoms with Gasteiger partial charge in [0.2, 0.25) is 0 Å². The van der Waals surface area contributed by atoms with Crippen LogP contribution in [0.15, 0.2) is 6.33 Å². The quantitative estimate of drug-likeness (QED) is 0.764. The van der Waals surface area contributed by atoms with Crippen molar-refractivity contribution < 1.29 is 8.42 Å². The highest BCUT2D eigenvalue weighted by Gasteiger charge is 2.30. The van der Waals surface area contributed by atoms with Crippen LogP contribution in [-0.4, -0.2) is 42.5 Å². The molecule has 0 aliphatic carbocycles. The molecule has 0 amide bonds. The Labute approximate surface area is 127 Å². The smallest absolute Gasteiger partial charge is 0.154 e. The molecule has 1 heterocycles. The predicted octanol–water partition coefficient (Wildman–Crippen LogP) is 2.10. The first-order valence-corrected chi connectivity index (χ1v) is 9.13. The van der Waals surface area contributed by atoms with Crippen LogP contribution in [0.2, 0.25) is 0 Å². The molecule has 1 rings (SSSR count). The Bertz CT molecular complexity index is 570. The Kier molecular flexibility index (Phi) is 5.95.